The van der Waals surface area contributed by atoms with E-state index in [1.807, 2.05) is 13.8 Å². The van der Waals surface area contributed by atoms with Crippen LogP contribution >= 0.6 is 0 Å². The van der Waals surface area contributed by atoms with Gasteiger partial charge in [0.05, 0.1) is 7.11 Å². The predicted octanol–water partition coefficient (Wildman–Crippen LogP) is 7.28. The zero-order valence-corrected chi connectivity index (χ0v) is 20.3. The zero-order valence-electron chi connectivity index (χ0n) is 17.5. The molecule has 0 aliphatic carbocycles. The molecule has 0 heterocycles. The van der Waals surface area contributed by atoms with Crippen molar-refractivity contribution in [3.63, 3.8) is 0 Å². The topological polar surface area (TPSA) is 29.5 Å². The molecule has 0 aromatic heterocycles. The molecule has 140 valence electrons. The summed E-state index contributed by atoms with van der Waals surface area (Å²) in [6.07, 6.45) is 11.3. The van der Waals surface area contributed by atoms with Gasteiger partial charge in [0, 0.05) is 35.4 Å². The molecule has 0 saturated carbocycles. The van der Waals surface area contributed by atoms with Gasteiger partial charge in [-0.25, -0.2) is 0 Å². The van der Waals surface area contributed by atoms with E-state index in [0.717, 1.165) is 0 Å². The molecule has 0 atom stereocenters. The van der Waals surface area contributed by atoms with E-state index in [2.05, 4.69) is 52.9 Å². The molecule has 0 unspecified atom stereocenters. The molecular formula is C20H44O2Sn. The van der Waals surface area contributed by atoms with Gasteiger partial charge in [-0.1, -0.05) is 100.0 Å². The van der Waals surface area contributed by atoms with E-state index in [1.54, 1.807) is 12.2 Å². The SMILES string of the molecule is C=CC(C)(C)/C=C(\O)OC.CCCC.CCCC.CCCC.[Sn]. The first-order valence-corrected chi connectivity index (χ1v) is 8.85. The Morgan fingerprint density at radius 2 is 1.13 bits per heavy atom. The summed E-state index contributed by atoms with van der Waals surface area (Å²) < 4.78 is 4.56. The van der Waals surface area contributed by atoms with Crippen molar-refractivity contribution in [2.24, 2.45) is 5.41 Å². The van der Waals surface area contributed by atoms with Gasteiger partial charge in [0.25, 0.3) is 5.95 Å². The fraction of sp³-hybridized carbons (Fsp3) is 0.800. The van der Waals surface area contributed by atoms with Crippen LogP contribution in [0.15, 0.2) is 24.7 Å². The molecule has 3 heteroatoms. The van der Waals surface area contributed by atoms with Gasteiger partial charge >= 0.3 is 0 Å². The third-order valence-electron chi connectivity index (χ3n) is 2.73. The Labute approximate surface area is 164 Å². The predicted molar refractivity (Wildman–Crippen MR) is 109 cm³/mol. The maximum atomic E-state index is 8.92. The summed E-state index contributed by atoms with van der Waals surface area (Å²) in [5, 5.41) is 8.92. The van der Waals surface area contributed by atoms with Gasteiger partial charge in [-0.2, -0.15) is 0 Å². The van der Waals surface area contributed by atoms with E-state index in [0.29, 0.717) is 0 Å². The van der Waals surface area contributed by atoms with Crippen LogP contribution in [0.5, 0.6) is 0 Å². The van der Waals surface area contributed by atoms with Crippen molar-refractivity contribution in [3.05, 3.63) is 24.7 Å². The maximum Gasteiger partial charge on any atom is 0.272 e. The van der Waals surface area contributed by atoms with Crippen LogP contribution in [0.25, 0.3) is 0 Å². The van der Waals surface area contributed by atoms with Crippen LogP contribution in [0.1, 0.15) is 93.9 Å². The van der Waals surface area contributed by atoms with Gasteiger partial charge < -0.3 is 9.84 Å². The third-order valence-corrected chi connectivity index (χ3v) is 2.73. The number of rotatable bonds is 6. The molecule has 0 amide bonds. The van der Waals surface area contributed by atoms with Crippen molar-refractivity contribution in [2.45, 2.75) is 93.9 Å². The quantitative estimate of drug-likeness (QED) is 0.270. The Balaban J connectivity index is -0.0000000700. The molecule has 0 bridgehead atoms. The third kappa shape index (κ3) is 52.1. The second-order valence-electron chi connectivity index (χ2n) is 5.71. The summed E-state index contributed by atoms with van der Waals surface area (Å²) in [7, 11) is 1.42. The molecule has 1 N–H and O–H groups in total. The standard InChI is InChI=1S/C8H14O2.3C4H10.Sn/c1-5-8(2,3)6-7(9)10-4;3*1-3-4-2;/h5-6,9H,1H2,2-4H3;3*3-4H2,1-2H3;/b7-6+;;;;. The van der Waals surface area contributed by atoms with Crippen LogP contribution in [0, 0.1) is 5.41 Å². The van der Waals surface area contributed by atoms with Crippen molar-refractivity contribution in [1.82, 2.24) is 0 Å². The van der Waals surface area contributed by atoms with Crippen LogP contribution < -0.4 is 0 Å². The van der Waals surface area contributed by atoms with Crippen LogP contribution in [-0.4, -0.2) is 36.1 Å². The van der Waals surface area contributed by atoms with Crippen LogP contribution in [0.4, 0.5) is 0 Å². The largest absolute Gasteiger partial charge is 0.481 e. The number of hydrogen-bond donors (Lipinski definition) is 1. The minimum atomic E-state index is -0.208. The van der Waals surface area contributed by atoms with E-state index in [-0.39, 0.29) is 35.3 Å². The molecule has 0 saturated heterocycles. The number of aliphatic hydroxyl groups excluding tert-OH is 1. The average molecular weight is 435 g/mol. The van der Waals surface area contributed by atoms with Gasteiger partial charge in [0.1, 0.15) is 0 Å². The van der Waals surface area contributed by atoms with Crippen LogP contribution in [0.2, 0.25) is 0 Å². The maximum absolute atomic E-state index is 8.92. The summed E-state index contributed by atoms with van der Waals surface area (Å²) in [6, 6.07) is 0. The Hall–Kier alpha value is -0.121. The molecule has 2 nitrogen and oxygen atoms in total. The summed E-state index contributed by atoms with van der Waals surface area (Å²) in [4.78, 5) is 0. The van der Waals surface area contributed by atoms with Crippen molar-refractivity contribution >= 4 is 23.9 Å². The zero-order chi connectivity index (χ0) is 18.4. The molecule has 0 aromatic carbocycles. The monoisotopic (exact) mass is 436 g/mol. The summed E-state index contributed by atoms with van der Waals surface area (Å²) >= 11 is 0. The smallest absolute Gasteiger partial charge is 0.272 e. The summed E-state index contributed by atoms with van der Waals surface area (Å²) in [5.41, 5.74) is -0.208. The molecule has 0 aliphatic heterocycles. The first-order valence-electron chi connectivity index (χ1n) is 8.85. The van der Waals surface area contributed by atoms with Crippen molar-refractivity contribution in [2.75, 3.05) is 7.11 Å². The minimum Gasteiger partial charge on any atom is -0.481 e. The van der Waals surface area contributed by atoms with E-state index in [9.17, 15) is 0 Å². The fourth-order valence-electron chi connectivity index (χ4n) is 0.436. The number of allylic oxidation sites excluding steroid dienone is 2. The van der Waals surface area contributed by atoms with E-state index in [1.165, 1.54) is 45.6 Å². The van der Waals surface area contributed by atoms with Gasteiger partial charge in [0.2, 0.25) is 0 Å². The van der Waals surface area contributed by atoms with Gasteiger partial charge in [0.15, 0.2) is 0 Å². The van der Waals surface area contributed by atoms with E-state index in [4.69, 9.17) is 5.11 Å². The first kappa shape index (κ1) is 34.3. The summed E-state index contributed by atoms with van der Waals surface area (Å²) in [6.45, 7) is 20.5. The number of unbranched alkanes of at least 4 members (excludes halogenated alkanes) is 3. The van der Waals surface area contributed by atoms with E-state index >= 15 is 0 Å². The first-order chi connectivity index (χ1) is 10.3. The van der Waals surface area contributed by atoms with Crippen molar-refractivity contribution in [1.29, 1.82) is 0 Å². The number of ether oxygens (including phenoxy) is 1. The average Bonchev–Trinajstić information content (AvgIpc) is 2.54. The molecule has 0 aromatic rings. The van der Waals surface area contributed by atoms with Crippen LogP contribution in [0.3, 0.4) is 0 Å². The van der Waals surface area contributed by atoms with Crippen LogP contribution in [-0.2, 0) is 4.74 Å². The molecule has 0 spiro atoms. The Morgan fingerprint density at radius 1 is 0.870 bits per heavy atom. The Bertz CT molecular complexity index is 208. The van der Waals surface area contributed by atoms with Gasteiger partial charge in [-0.15, -0.1) is 6.58 Å². The second-order valence-corrected chi connectivity index (χ2v) is 5.71. The Kier molecular flexibility index (Phi) is 44.4. The molecule has 0 rings (SSSR count). The number of aliphatic hydroxyl groups is 1. The van der Waals surface area contributed by atoms with Gasteiger partial charge in [-0.3, -0.25) is 0 Å². The Morgan fingerprint density at radius 3 is 1.26 bits per heavy atom. The number of methoxy groups -OCH3 is 1. The second kappa shape index (κ2) is 29.8. The van der Waals surface area contributed by atoms with Gasteiger partial charge in [-0.05, 0) is 0 Å². The molecule has 4 radical (unpaired) electrons. The molecule has 0 aliphatic rings. The number of hydrogen-bond acceptors (Lipinski definition) is 2. The molecular weight excluding hydrogens is 391 g/mol. The normalized spacial score (nSPS) is 9.52. The molecule has 0 fully saturated rings. The fourth-order valence-corrected chi connectivity index (χ4v) is 0.436. The molecule has 23 heavy (non-hydrogen) atoms. The van der Waals surface area contributed by atoms with Crippen molar-refractivity contribution < 1.29 is 9.84 Å². The van der Waals surface area contributed by atoms with Crippen molar-refractivity contribution in [3.8, 4) is 0 Å². The summed E-state index contributed by atoms with van der Waals surface area (Å²) in [5.74, 6) is -0.0649. The van der Waals surface area contributed by atoms with E-state index < -0.39 is 0 Å². The minimum absolute atomic E-state index is 0.